The van der Waals surface area contributed by atoms with Gasteiger partial charge in [-0.15, -0.1) is 10.2 Å². The third kappa shape index (κ3) is 4.41. The minimum Gasteiger partial charge on any atom is -0.368 e. The van der Waals surface area contributed by atoms with Gasteiger partial charge in [-0.05, 0) is 25.5 Å². The number of amides is 1. The number of hydrogen-bond acceptors (Lipinski definition) is 5. The lowest BCUT2D eigenvalue weighted by atomic mass is 10.1. The van der Waals surface area contributed by atoms with Crippen LogP contribution in [0.1, 0.15) is 12.5 Å². The number of halogens is 2. The molecule has 23 heavy (non-hydrogen) atoms. The quantitative estimate of drug-likeness (QED) is 0.778. The molecule has 124 valence electrons. The van der Waals surface area contributed by atoms with Crippen molar-refractivity contribution >= 4 is 23.6 Å². The molecule has 1 aromatic heterocycles. The summed E-state index contributed by atoms with van der Waals surface area (Å²) in [7, 11) is 1.69. The van der Waals surface area contributed by atoms with Crippen molar-refractivity contribution in [3.8, 4) is 0 Å². The van der Waals surface area contributed by atoms with Crippen molar-refractivity contribution in [2.45, 2.75) is 24.5 Å². The van der Waals surface area contributed by atoms with E-state index in [1.807, 2.05) is 0 Å². The Hall–Kier alpha value is -2.16. The van der Waals surface area contributed by atoms with Crippen molar-refractivity contribution < 1.29 is 13.6 Å². The van der Waals surface area contributed by atoms with Crippen molar-refractivity contribution in [2.24, 2.45) is 7.05 Å². The molecule has 1 heterocycles. The van der Waals surface area contributed by atoms with Crippen LogP contribution in [0.2, 0.25) is 0 Å². The maximum atomic E-state index is 13.6. The van der Waals surface area contributed by atoms with Gasteiger partial charge in [0.15, 0.2) is 5.16 Å². The summed E-state index contributed by atoms with van der Waals surface area (Å²) in [6.07, 6.45) is 0.0752. The molecule has 0 fully saturated rings. The van der Waals surface area contributed by atoms with E-state index >= 15 is 0 Å². The fourth-order valence-corrected chi connectivity index (χ4v) is 2.71. The van der Waals surface area contributed by atoms with E-state index in [0.29, 0.717) is 5.16 Å². The van der Waals surface area contributed by atoms with Crippen LogP contribution in [0.3, 0.4) is 0 Å². The predicted molar refractivity (Wildman–Crippen MR) is 83.8 cm³/mol. The van der Waals surface area contributed by atoms with Crippen molar-refractivity contribution in [3.05, 3.63) is 35.4 Å². The molecule has 0 saturated carbocycles. The van der Waals surface area contributed by atoms with Gasteiger partial charge in [-0.2, -0.15) is 0 Å². The Kier molecular flexibility index (Phi) is 5.54. The molecule has 3 N–H and O–H groups in total. The highest BCUT2D eigenvalue weighted by molar-refractivity contribution is 7.99. The van der Waals surface area contributed by atoms with Crippen LogP contribution in [0.5, 0.6) is 0 Å². The van der Waals surface area contributed by atoms with E-state index in [-0.39, 0.29) is 29.6 Å². The minimum atomic E-state index is -0.616. The summed E-state index contributed by atoms with van der Waals surface area (Å²) < 4.78 is 28.7. The molecule has 9 heteroatoms. The molecule has 0 unspecified atom stereocenters. The fraction of sp³-hybridized carbons (Fsp3) is 0.357. The monoisotopic (exact) mass is 341 g/mol. The summed E-state index contributed by atoms with van der Waals surface area (Å²) in [4.78, 5) is 11.9. The Bertz CT molecular complexity index is 686. The predicted octanol–water partition coefficient (Wildman–Crippen LogP) is 1.51. The number of aromatic nitrogens is 3. The minimum absolute atomic E-state index is 0.0333. The molecule has 0 spiro atoms. The zero-order valence-electron chi connectivity index (χ0n) is 12.7. The van der Waals surface area contributed by atoms with Gasteiger partial charge in [-0.3, -0.25) is 9.36 Å². The average Bonchev–Trinajstić information content (AvgIpc) is 2.81. The van der Waals surface area contributed by atoms with Crippen LogP contribution in [0.25, 0.3) is 0 Å². The third-order valence-electron chi connectivity index (χ3n) is 3.18. The molecule has 0 aliphatic carbocycles. The summed E-state index contributed by atoms with van der Waals surface area (Å²) in [6.45, 7) is 1.69. The van der Waals surface area contributed by atoms with Crippen LogP contribution in [0.4, 0.5) is 14.7 Å². The first-order valence-corrected chi connectivity index (χ1v) is 7.87. The zero-order chi connectivity index (χ0) is 17.0. The second-order valence-corrected chi connectivity index (χ2v) is 6.00. The molecule has 0 radical (unpaired) electrons. The second kappa shape index (κ2) is 7.40. The number of anilines is 1. The Morgan fingerprint density at radius 3 is 2.61 bits per heavy atom. The highest BCUT2D eigenvalue weighted by atomic mass is 32.2. The van der Waals surface area contributed by atoms with Gasteiger partial charge < -0.3 is 11.1 Å². The van der Waals surface area contributed by atoms with Gasteiger partial charge in [0.25, 0.3) is 0 Å². The first kappa shape index (κ1) is 17.2. The molecular formula is C14H17F2N5OS. The molecule has 1 aromatic carbocycles. The van der Waals surface area contributed by atoms with E-state index in [4.69, 9.17) is 5.73 Å². The molecule has 2 aromatic rings. The maximum absolute atomic E-state index is 13.6. The first-order valence-electron chi connectivity index (χ1n) is 6.88. The third-order valence-corrected chi connectivity index (χ3v) is 4.20. The normalized spacial score (nSPS) is 12.2. The smallest absolute Gasteiger partial charge is 0.230 e. The lowest BCUT2D eigenvalue weighted by molar-refractivity contribution is -0.119. The number of nitrogens with zero attached hydrogens (tertiary/aromatic N) is 3. The molecule has 0 aliphatic rings. The molecule has 6 nitrogen and oxygen atoms in total. The summed E-state index contributed by atoms with van der Waals surface area (Å²) in [5.41, 5.74) is 5.51. The SMILES string of the molecule is C[C@@H](Cc1c(F)cccc1F)NC(=O)CSc1nnc(N)n1C. The van der Waals surface area contributed by atoms with Crippen molar-refractivity contribution in [2.75, 3.05) is 11.5 Å². The van der Waals surface area contributed by atoms with Crippen LogP contribution in [-0.4, -0.2) is 32.5 Å². The van der Waals surface area contributed by atoms with Gasteiger partial charge in [0.05, 0.1) is 5.75 Å². The highest BCUT2D eigenvalue weighted by Crippen LogP contribution is 2.17. The summed E-state index contributed by atoms with van der Waals surface area (Å²) >= 11 is 1.18. The zero-order valence-corrected chi connectivity index (χ0v) is 13.5. The fourth-order valence-electron chi connectivity index (χ4n) is 1.98. The standard InChI is InChI=1S/C14H17F2N5OS/c1-8(6-9-10(15)4-3-5-11(9)16)18-12(22)7-23-14-20-19-13(17)21(14)2/h3-5,8H,6-7H2,1-2H3,(H2,17,19)(H,18,22)/t8-/m0/s1. The van der Waals surface area contributed by atoms with Crippen molar-refractivity contribution in [1.82, 2.24) is 20.1 Å². The van der Waals surface area contributed by atoms with E-state index in [0.717, 1.165) is 0 Å². The summed E-state index contributed by atoms with van der Waals surface area (Å²) in [5, 5.41) is 10.7. The molecule has 0 saturated heterocycles. The lowest BCUT2D eigenvalue weighted by Gasteiger charge is -2.14. The van der Waals surface area contributed by atoms with Crippen LogP contribution in [0.15, 0.2) is 23.4 Å². The topological polar surface area (TPSA) is 85.8 Å². The van der Waals surface area contributed by atoms with E-state index in [9.17, 15) is 13.6 Å². The molecular weight excluding hydrogens is 324 g/mol. The number of nitrogens with two attached hydrogens (primary N) is 1. The van der Waals surface area contributed by atoms with Gasteiger partial charge in [-0.25, -0.2) is 8.78 Å². The van der Waals surface area contributed by atoms with Crippen LogP contribution in [-0.2, 0) is 18.3 Å². The highest BCUT2D eigenvalue weighted by Gasteiger charge is 2.15. The first-order chi connectivity index (χ1) is 10.9. The second-order valence-electron chi connectivity index (χ2n) is 5.06. The van der Waals surface area contributed by atoms with E-state index in [2.05, 4.69) is 15.5 Å². The van der Waals surface area contributed by atoms with Gasteiger partial charge >= 0.3 is 0 Å². The number of carbonyl (C=O) groups excluding carboxylic acids is 1. The Balaban J connectivity index is 1.86. The summed E-state index contributed by atoms with van der Waals surface area (Å²) in [6, 6.07) is 3.29. The maximum Gasteiger partial charge on any atom is 0.230 e. The van der Waals surface area contributed by atoms with E-state index in [1.165, 1.54) is 30.0 Å². The number of thioether (sulfide) groups is 1. The van der Waals surface area contributed by atoms with Crippen LogP contribution in [0, 0.1) is 11.6 Å². The molecule has 2 rings (SSSR count). The average molecular weight is 341 g/mol. The number of carbonyl (C=O) groups is 1. The number of nitrogens with one attached hydrogen (secondary N) is 1. The Morgan fingerprint density at radius 1 is 1.39 bits per heavy atom. The number of rotatable bonds is 6. The number of benzene rings is 1. The van der Waals surface area contributed by atoms with E-state index in [1.54, 1.807) is 18.5 Å². The van der Waals surface area contributed by atoms with Gasteiger partial charge in [0.2, 0.25) is 11.9 Å². The number of nitrogen functional groups attached to an aromatic ring is 1. The van der Waals surface area contributed by atoms with Gasteiger partial charge in [0.1, 0.15) is 11.6 Å². The van der Waals surface area contributed by atoms with Gasteiger partial charge in [0, 0.05) is 18.7 Å². The van der Waals surface area contributed by atoms with E-state index < -0.39 is 17.7 Å². The van der Waals surface area contributed by atoms with Crippen molar-refractivity contribution in [1.29, 1.82) is 0 Å². The van der Waals surface area contributed by atoms with Crippen LogP contribution < -0.4 is 11.1 Å². The lowest BCUT2D eigenvalue weighted by Crippen LogP contribution is -2.35. The van der Waals surface area contributed by atoms with Crippen LogP contribution >= 0.6 is 11.8 Å². The molecule has 0 bridgehead atoms. The molecule has 0 aliphatic heterocycles. The Labute approximate surface area is 136 Å². The molecule has 1 atom stereocenters. The molecule has 1 amide bonds. The Morgan fingerprint density at radius 2 is 2.04 bits per heavy atom. The van der Waals surface area contributed by atoms with Gasteiger partial charge in [-0.1, -0.05) is 17.8 Å². The number of hydrogen-bond donors (Lipinski definition) is 2. The van der Waals surface area contributed by atoms with Crippen molar-refractivity contribution in [3.63, 3.8) is 0 Å². The largest absolute Gasteiger partial charge is 0.368 e. The summed E-state index contributed by atoms with van der Waals surface area (Å²) in [5.74, 6) is -1.13.